The molecule has 2 fully saturated rings. The van der Waals surface area contributed by atoms with E-state index < -0.39 is 0 Å². The van der Waals surface area contributed by atoms with Crippen LogP contribution in [0.5, 0.6) is 0 Å². The second kappa shape index (κ2) is 12.5. The molecule has 1 aromatic rings. The summed E-state index contributed by atoms with van der Waals surface area (Å²) in [6.45, 7) is 11.5. The third-order valence-electron chi connectivity index (χ3n) is 6.24. The van der Waals surface area contributed by atoms with Gasteiger partial charge in [-0.25, -0.2) is 4.39 Å². The van der Waals surface area contributed by atoms with Gasteiger partial charge in [-0.2, -0.15) is 0 Å². The van der Waals surface area contributed by atoms with Crippen molar-refractivity contribution in [2.75, 3.05) is 62.3 Å². The number of ether oxygens (including phenoxy) is 2. The second-order valence-corrected chi connectivity index (χ2v) is 8.51. The van der Waals surface area contributed by atoms with E-state index in [2.05, 4.69) is 29.0 Å². The molecular weight excluding hydrogens is 381 g/mol. The number of halogens is 1. The number of nitrogens with zero attached hydrogens (tertiary/aromatic N) is 2. The van der Waals surface area contributed by atoms with Crippen LogP contribution in [0.2, 0.25) is 0 Å². The van der Waals surface area contributed by atoms with Crippen LogP contribution in [-0.2, 0) is 9.47 Å². The first-order valence-electron chi connectivity index (χ1n) is 12.0. The summed E-state index contributed by atoms with van der Waals surface area (Å²) in [6, 6.07) is 5.58. The van der Waals surface area contributed by atoms with Crippen molar-refractivity contribution in [2.24, 2.45) is 5.92 Å². The molecule has 0 amide bonds. The molecular formula is C24H40FN3O2. The minimum atomic E-state index is -0.123. The predicted molar refractivity (Wildman–Crippen MR) is 122 cm³/mol. The summed E-state index contributed by atoms with van der Waals surface area (Å²) in [6.07, 6.45) is 6.21. The molecule has 0 radical (unpaired) electrons. The lowest BCUT2D eigenvalue weighted by Gasteiger charge is -2.37. The van der Waals surface area contributed by atoms with Gasteiger partial charge in [0.1, 0.15) is 5.82 Å². The molecule has 5 nitrogen and oxygen atoms in total. The van der Waals surface area contributed by atoms with Crippen molar-refractivity contribution in [1.82, 2.24) is 5.32 Å². The highest BCUT2D eigenvalue weighted by molar-refractivity contribution is 5.60. The summed E-state index contributed by atoms with van der Waals surface area (Å²) >= 11 is 0. The fraction of sp³-hybridized carbons (Fsp3) is 0.750. The van der Waals surface area contributed by atoms with Crippen molar-refractivity contribution >= 4 is 11.4 Å². The Kier molecular flexibility index (Phi) is 9.69. The van der Waals surface area contributed by atoms with Crippen molar-refractivity contribution in [3.8, 4) is 0 Å². The highest BCUT2D eigenvalue weighted by Crippen LogP contribution is 2.31. The summed E-state index contributed by atoms with van der Waals surface area (Å²) < 4.78 is 26.9. The summed E-state index contributed by atoms with van der Waals surface area (Å²) in [5, 5.41) is 3.38. The number of nitrogens with one attached hydrogen (secondary N) is 1. The third kappa shape index (κ3) is 6.56. The SMILES string of the molecule is CCCCOC(OCCCC)C1CCN(c2cc(N3CCNCC3)ccc2F)CC1. The van der Waals surface area contributed by atoms with Crippen LogP contribution in [0.4, 0.5) is 15.8 Å². The maximum atomic E-state index is 14.7. The number of hydrogen-bond donors (Lipinski definition) is 1. The van der Waals surface area contributed by atoms with Crippen molar-refractivity contribution in [3.05, 3.63) is 24.0 Å². The monoisotopic (exact) mass is 421 g/mol. The normalized spacial score (nSPS) is 18.4. The van der Waals surface area contributed by atoms with Gasteiger partial charge in [0, 0.05) is 64.1 Å². The summed E-state index contributed by atoms with van der Waals surface area (Å²) in [5.74, 6) is 0.261. The molecule has 6 heteroatoms. The Balaban J connectivity index is 1.59. The molecule has 0 bridgehead atoms. The highest BCUT2D eigenvalue weighted by Gasteiger charge is 2.29. The average molecular weight is 422 g/mol. The second-order valence-electron chi connectivity index (χ2n) is 8.51. The smallest absolute Gasteiger partial charge is 0.160 e. The van der Waals surface area contributed by atoms with Gasteiger partial charge in [0.05, 0.1) is 5.69 Å². The van der Waals surface area contributed by atoms with E-state index in [0.29, 0.717) is 5.92 Å². The van der Waals surface area contributed by atoms with Crippen LogP contribution in [0.1, 0.15) is 52.4 Å². The molecule has 30 heavy (non-hydrogen) atoms. The van der Waals surface area contributed by atoms with Crippen LogP contribution in [0, 0.1) is 11.7 Å². The Hall–Kier alpha value is -1.37. The molecule has 0 unspecified atom stereocenters. The molecule has 170 valence electrons. The van der Waals surface area contributed by atoms with Crippen LogP contribution in [-0.4, -0.2) is 58.8 Å². The van der Waals surface area contributed by atoms with E-state index in [1.807, 2.05) is 12.1 Å². The summed E-state index contributed by atoms with van der Waals surface area (Å²) in [7, 11) is 0. The Morgan fingerprint density at radius 2 is 1.60 bits per heavy atom. The zero-order valence-corrected chi connectivity index (χ0v) is 18.9. The molecule has 2 heterocycles. The molecule has 0 atom stereocenters. The molecule has 2 aliphatic heterocycles. The average Bonchev–Trinajstić information content (AvgIpc) is 2.79. The minimum absolute atomic E-state index is 0.123. The summed E-state index contributed by atoms with van der Waals surface area (Å²) in [4.78, 5) is 4.54. The fourth-order valence-corrected chi connectivity index (χ4v) is 4.28. The number of benzene rings is 1. The van der Waals surface area contributed by atoms with Crippen LogP contribution >= 0.6 is 0 Å². The topological polar surface area (TPSA) is 37.0 Å². The fourth-order valence-electron chi connectivity index (χ4n) is 4.28. The highest BCUT2D eigenvalue weighted by atomic mass is 19.1. The molecule has 0 spiro atoms. The van der Waals surface area contributed by atoms with Crippen LogP contribution in [0.25, 0.3) is 0 Å². The Bertz CT molecular complexity index is 606. The Labute approximate surface area is 181 Å². The molecule has 1 N–H and O–H groups in total. The van der Waals surface area contributed by atoms with Crippen molar-refractivity contribution in [1.29, 1.82) is 0 Å². The quantitative estimate of drug-likeness (QED) is 0.423. The number of rotatable bonds is 11. The van der Waals surface area contributed by atoms with Gasteiger partial charge in [-0.05, 0) is 43.9 Å². The van der Waals surface area contributed by atoms with Crippen molar-refractivity contribution < 1.29 is 13.9 Å². The van der Waals surface area contributed by atoms with Crippen LogP contribution in [0.15, 0.2) is 18.2 Å². The van der Waals surface area contributed by atoms with Crippen LogP contribution < -0.4 is 15.1 Å². The van der Waals surface area contributed by atoms with Gasteiger partial charge in [0.15, 0.2) is 6.29 Å². The largest absolute Gasteiger partial charge is 0.369 e. The van der Waals surface area contributed by atoms with E-state index >= 15 is 0 Å². The lowest BCUT2D eigenvalue weighted by atomic mass is 9.95. The van der Waals surface area contributed by atoms with E-state index in [4.69, 9.17) is 9.47 Å². The first-order chi connectivity index (χ1) is 14.7. The molecule has 3 rings (SSSR count). The van der Waals surface area contributed by atoms with Gasteiger partial charge >= 0.3 is 0 Å². The Morgan fingerprint density at radius 3 is 2.20 bits per heavy atom. The molecule has 2 saturated heterocycles. The third-order valence-corrected chi connectivity index (χ3v) is 6.24. The van der Waals surface area contributed by atoms with Gasteiger partial charge in [-0.15, -0.1) is 0 Å². The van der Waals surface area contributed by atoms with E-state index in [1.54, 1.807) is 6.07 Å². The van der Waals surface area contributed by atoms with Crippen molar-refractivity contribution in [3.63, 3.8) is 0 Å². The summed E-state index contributed by atoms with van der Waals surface area (Å²) in [5.41, 5.74) is 1.86. The molecule has 0 aromatic heterocycles. The maximum absolute atomic E-state index is 14.7. The predicted octanol–water partition coefficient (Wildman–Crippen LogP) is 4.41. The van der Waals surface area contributed by atoms with Crippen molar-refractivity contribution in [2.45, 2.75) is 58.7 Å². The lowest BCUT2D eigenvalue weighted by molar-refractivity contribution is -0.177. The Morgan fingerprint density at radius 1 is 0.967 bits per heavy atom. The molecule has 0 aliphatic carbocycles. The first kappa shape index (κ1) is 23.3. The number of anilines is 2. The zero-order chi connectivity index (χ0) is 21.2. The number of hydrogen-bond acceptors (Lipinski definition) is 5. The molecule has 2 aliphatic rings. The van der Waals surface area contributed by atoms with E-state index in [-0.39, 0.29) is 12.1 Å². The number of piperidine rings is 1. The number of unbranched alkanes of at least 4 members (excludes halogenated alkanes) is 2. The van der Waals surface area contributed by atoms with Crippen LogP contribution in [0.3, 0.4) is 0 Å². The standard InChI is InChI=1S/C24H40FN3O2/c1-3-5-17-29-24(30-18-6-4-2)20-9-13-28(14-10-20)23-19-21(7-8-22(23)25)27-15-11-26-12-16-27/h7-8,19-20,24,26H,3-6,9-18H2,1-2H3. The van der Waals surface area contributed by atoms with E-state index in [0.717, 1.165) is 102 Å². The maximum Gasteiger partial charge on any atom is 0.160 e. The van der Waals surface area contributed by atoms with Gasteiger partial charge in [0.2, 0.25) is 0 Å². The number of piperazine rings is 1. The molecule has 0 saturated carbocycles. The minimum Gasteiger partial charge on any atom is -0.369 e. The van der Waals surface area contributed by atoms with Gasteiger partial charge in [0.25, 0.3) is 0 Å². The lowest BCUT2D eigenvalue weighted by Crippen LogP contribution is -2.43. The molecule has 1 aromatic carbocycles. The van der Waals surface area contributed by atoms with E-state index in [1.165, 1.54) is 0 Å². The zero-order valence-electron chi connectivity index (χ0n) is 18.9. The van der Waals surface area contributed by atoms with E-state index in [9.17, 15) is 4.39 Å². The van der Waals surface area contributed by atoms with Gasteiger partial charge in [-0.1, -0.05) is 26.7 Å². The first-order valence-corrected chi connectivity index (χ1v) is 12.0. The van der Waals surface area contributed by atoms with Gasteiger partial charge < -0.3 is 24.6 Å². The van der Waals surface area contributed by atoms with Gasteiger partial charge in [-0.3, -0.25) is 0 Å².